The lowest BCUT2D eigenvalue weighted by atomic mass is 10.2. The Labute approximate surface area is 256 Å². The van der Waals surface area contributed by atoms with E-state index in [9.17, 15) is 19.2 Å². The summed E-state index contributed by atoms with van der Waals surface area (Å²) in [5, 5.41) is 10.6. The zero-order valence-electron chi connectivity index (χ0n) is 28.4. The molecular weight excluding hydrogens is 572 g/mol. The summed E-state index contributed by atoms with van der Waals surface area (Å²) < 4.78 is 45.7. The number of hydrogen-bond donors (Lipinski definition) is 3. The van der Waals surface area contributed by atoms with Crippen molar-refractivity contribution in [2.24, 2.45) is 18.6 Å². The molecule has 0 bridgehead atoms. The topological polar surface area (TPSA) is 194 Å². The fraction of sp³-hybridized carbons (Fsp3) is 0.464. The predicted octanol–water partition coefficient (Wildman–Crippen LogP) is 2.10. The SMILES string of the molecule is [2H]C1(NC(=O)OC)CCC(n2c(=O)n(C([2H])([2H])[2H])c3cnc(Nc4ccc5c(N(C)C(=O)OC)nn(C6(C(N)=O)CC6C)c5n4)cc32)C1. The highest BCUT2D eigenvalue weighted by molar-refractivity contribution is 5.99. The number of nitrogens with one attached hydrogen (secondary N) is 2. The second-order valence-electron chi connectivity index (χ2n) is 11.0. The van der Waals surface area contributed by atoms with Gasteiger partial charge in [-0.15, -0.1) is 0 Å². The monoisotopic (exact) mass is 610 g/mol. The van der Waals surface area contributed by atoms with Gasteiger partial charge in [0.2, 0.25) is 5.91 Å². The highest BCUT2D eigenvalue weighted by Gasteiger charge is 2.60. The molecule has 4 heterocycles. The molecule has 4 aromatic rings. The summed E-state index contributed by atoms with van der Waals surface area (Å²) >= 11 is 0. The minimum Gasteiger partial charge on any atom is -0.453 e. The zero-order chi connectivity index (χ0) is 34.9. The van der Waals surface area contributed by atoms with Crippen molar-refractivity contribution in [1.29, 1.82) is 0 Å². The molecule has 2 aliphatic carbocycles. The van der Waals surface area contributed by atoms with Crippen LogP contribution in [0.15, 0.2) is 29.2 Å². The number of anilines is 3. The highest BCUT2D eigenvalue weighted by atomic mass is 16.5. The van der Waals surface area contributed by atoms with Crippen LogP contribution in [0.2, 0.25) is 0 Å². The van der Waals surface area contributed by atoms with Crippen molar-refractivity contribution in [3.63, 3.8) is 0 Å². The van der Waals surface area contributed by atoms with Gasteiger partial charge in [0.15, 0.2) is 11.5 Å². The van der Waals surface area contributed by atoms with Crippen molar-refractivity contribution in [2.45, 2.75) is 50.2 Å². The minimum absolute atomic E-state index is 0.0256. The molecule has 6 rings (SSSR count). The number of hydrogen-bond acceptors (Lipinski definition) is 10. The van der Waals surface area contributed by atoms with E-state index in [-0.39, 0.29) is 52.9 Å². The van der Waals surface area contributed by atoms with E-state index in [1.165, 1.54) is 47.7 Å². The molecule has 44 heavy (non-hydrogen) atoms. The van der Waals surface area contributed by atoms with Crippen LogP contribution in [0.4, 0.5) is 27.0 Å². The summed E-state index contributed by atoms with van der Waals surface area (Å²) in [4.78, 5) is 60.8. The van der Waals surface area contributed by atoms with E-state index in [2.05, 4.69) is 25.5 Å². The molecule has 4 atom stereocenters. The molecule has 0 saturated heterocycles. The number of nitrogens with zero attached hydrogens (tertiary/aromatic N) is 7. The Kier molecular flexibility index (Phi) is 5.82. The first kappa shape index (κ1) is 24.3. The summed E-state index contributed by atoms with van der Waals surface area (Å²) in [5.74, 6) is -0.0733. The van der Waals surface area contributed by atoms with E-state index in [1.54, 1.807) is 12.1 Å². The number of carbonyl (C=O) groups is 3. The van der Waals surface area contributed by atoms with Crippen LogP contribution in [0.1, 0.15) is 44.1 Å². The number of fused-ring (bicyclic) bond motifs is 2. The second-order valence-corrected chi connectivity index (χ2v) is 11.0. The van der Waals surface area contributed by atoms with Crippen LogP contribution in [0.3, 0.4) is 0 Å². The summed E-state index contributed by atoms with van der Waals surface area (Å²) in [7, 11) is 3.89. The molecule has 16 heteroatoms. The number of carbonyl (C=O) groups excluding carboxylic acids is 3. The van der Waals surface area contributed by atoms with Gasteiger partial charge in [-0.2, -0.15) is 5.10 Å². The average Bonchev–Trinajstić information content (AvgIpc) is 3.26. The summed E-state index contributed by atoms with van der Waals surface area (Å²) in [6.45, 7) is -0.969. The maximum absolute atomic E-state index is 13.6. The minimum atomic E-state index is -2.82. The van der Waals surface area contributed by atoms with Gasteiger partial charge in [0.1, 0.15) is 17.2 Å². The van der Waals surface area contributed by atoms with E-state index in [0.717, 1.165) is 0 Å². The average molecular weight is 611 g/mol. The lowest BCUT2D eigenvalue weighted by Crippen LogP contribution is -2.37. The molecule has 4 unspecified atom stereocenters. The van der Waals surface area contributed by atoms with Gasteiger partial charge in [-0.05, 0) is 43.7 Å². The Morgan fingerprint density at radius 3 is 2.64 bits per heavy atom. The van der Waals surface area contributed by atoms with Gasteiger partial charge >= 0.3 is 17.9 Å². The first-order valence-electron chi connectivity index (χ1n) is 15.8. The van der Waals surface area contributed by atoms with Crippen LogP contribution in [0.25, 0.3) is 22.1 Å². The third kappa shape index (κ3) is 4.48. The molecule has 2 fully saturated rings. The number of aromatic nitrogens is 6. The van der Waals surface area contributed by atoms with Crippen molar-refractivity contribution < 1.29 is 29.3 Å². The molecule has 0 aliphatic heterocycles. The number of alkyl carbamates (subject to hydrolysis) is 1. The molecule has 2 saturated carbocycles. The number of nitrogens with two attached hydrogens (primary N) is 1. The van der Waals surface area contributed by atoms with Crippen LogP contribution < -0.4 is 27.0 Å². The van der Waals surface area contributed by atoms with E-state index >= 15 is 0 Å². The lowest BCUT2D eigenvalue weighted by Gasteiger charge is -2.15. The Morgan fingerprint density at radius 1 is 1.20 bits per heavy atom. The van der Waals surface area contributed by atoms with E-state index in [1.807, 2.05) is 6.92 Å². The van der Waals surface area contributed by atoms with E-state index in [4.69, 9.17) is 20.9 Å². The fourth-order valence-corrected chi connectivity index (χ4v) is 5.98. The predicted molar refractivity (Wildman–Crippen MR) is 160 cm³/mol. The smallest absolute Gasteiger partial charge is 0.414 e. The molecule has 4 aromatic heterocycles. The molecule has 232 valence electrons. The fourth-order valence-electron chi connectivity index (χ4n) is 5.98. The van der Waals surface area contributed by atoms with Crippen molar-refractivity contribution in [3.8, 4) is 0 Å². The number of amides is 3. The first-order chi connectivity index (χ1) is 22.5. The quantitative estimate of drug-likeness (QED) is 0.279. The number of rotatable bonds is 7. The lowest BCUT2D eigenvalue weighted by molar-refractivity contribution is -0.123. The van der Waals surface area contributed by atoms with Crippen molar-refractivity contribution in [3.05, 3.63) is 34.9 Å². The van der Waals surface area contributed by atoms with Crippen LogP contribution in [-0.4, -0.2) is 74.3 Å². The molecule has 0 radical (unpaired) electrons. The number of pyridine rings is 2. The molecule has 0 spiro atoms. The van der Waals surface area contributed by atoms with Crippen molar-refractivity contribution in [2.75, 3.05) is 31.5 Å². The van der Waals surface area contributed by atoms with Gasteiger partial charge in [-0.25, -0.2) is 29.0 Å². The standard InChI is InChI=1S/C28H34N10O6/c1-14-12-28(14,24(29)39)38-22-17(23(34-38)36(3)27(42)44-5)8-9-20(33-22)32-21-11-18-19(13-30-21)35(2)26(41)37(18)16-7-6-15(10-16)31-25(40)43-4/h8-9,11,13-16H,6-7,10,12H2,1-5H3,(H2,29,39)(H,31,40)(H,30,32,33)/i2D3,15D. The molecule has 3 amide bonds. The van der Waals surface area contributed by atoms with Crippen LogP contribution in [-0.2, 0) is 26.8 Å². The van der Waals surface area contributed by atoms with Gasteiger partial charge < -0.3 is 25.8 Å². The third-order valence-electron chi connectivity index (χ3n) is 8.46. The molecule has 16 nitrogen and oxygen atoms in total. The maximum Gasteiger partial charge on any atom is 0.414 e. The van der Waals surface area contributed by atoms with Gasteiger partial charge in [0, 0.05) is 36.3 Å². The normalized spacial score (nSPS) is 25.9. The number of aryl methyl sites for hydroxylation is 1. The van der Waals surface area contributed by atoms with Crippen molar-refractivity contribution in [1.82, 2.24) is 34.2 Å². The van der Waals surface area contributed by atoms with E-state index in [0.29, 0.717) is 22.8 Å². The van der Waals surface area contributed by atoms with Gasteiger partial charge in [0.05, 0.1) is 38.2 Å². The maximum atomic E-state index is 13.6. The second kappa shape index (κ2) is 10.5. The van der Waals surface area contributed by atoms with E-state index < -0.39 is 48.4 Å². The summed E-state index contributed by atoms with van der Waals surface area (Å²) in [6, 6.07) is 2.72. The Morgan fingerprint density at radius 2 is 1.98 bits per heavy atom. The summed E-state index contributed by atoms with van der Waals surface area (Å²) in [5.41, 5.74) is 4.42. The molecular formula is C28H34N10O6. The van der Waals surface area contributed by atoms with Crippen molar-refractivity contribution >= 4 is 57.6 Å². The first-order valence-corrected chi connectivity index (χ1v) is 13.8. The number of methoxy groups -OCH3 is 2. The number of ether oxygens (including phenoxy) is 2. The van der Waals surface area contributed by atoms with Crippen LogP contribution >= 0.6 is 0 Å². The van der Waals surface area contributed by atoms with Crippen LogP contribution in [0, 0.1) is 5.92 Å². The largest absolute Gasteiger partial charge is 0.453 e. The molecule has 4 N–H and O–H groups in total. The van der Waals surface area contributed by atoms with Gasteiger partial charge in [-0.3, -0.25) is 18.8 Å². The zero-order valence-corrected chi connectivity index (χ0v) is 24.4. The summed E-state index contributed by atoms with van der Waals surface area (Å²) in [6.07, 6.45) is 0.752. The van der Waals surface area contributed by atoms with Crippen LogP contribution in [0.5, 0.6) is 0 Å². The van der Waals surface area contributed by atoms with Gasteiger partial charge in [-0.1, -0.05) is 6.92 Å². The number of primary amides is 1. The Balaban J connectivity index is 1.43. The third-order valence-corrected chi connectivity index (χ3v) is 8.46. The molecule has 2 aliphatic rings. The Bertz CT molecular complexity index is 2040. The Hall–Kier alpha value is -5.15. The highest BCUT2D eigenvalue weighted by Crippen LogP contribution is 2.51. The molecule has 0 aromatic carbocycles. The van der Waals surface area contributed by atoms with Gasteiger partial charge in [0.25, 0.3) is 0 Å². The number of imidazole rings is 1.